The van der Waals surface area contributed by atoms with Crippen LogP contribution in [0.5, 0.6) is 0 Å². The van der Waals surface area contributed by atoms with Gasteiger partial charge in [-0.05, 0) is 39.2 Å². The maximum Gasteiger partial charge on any atom is 0.0484 e. The van der Waals surface area contributed by atoms with Gasteiger partial charge in [-0.2, -0.15) is 0 Å². The van der Waals surface area contributed by atoms with Gasteiger partial charge in [-0.3, -0.25) is 4.90 Å². The Kier molecular flexibility index (Phi) is 3.10. The minimum absolute atomic E-state index is 0.234. The van der Waals surface area contributed by atoms with E-state index in [1.54, 1.807) is 0 Å². The molecule has 2 aliphatic rings. The molecule has 1 aliphatic heterocycles. The second-order valence-corrected chi connectivity index (χ2v) is 4.74. The molecule has 1 saturated carbocycles. The molecule has 14 heavy (non-hydrogen) atoms. The van der Waals surface area contributed by atoms with Crippen LogP contribution in [0.2, 0.25) is 0 Å². The van der Waals surface area contributed by atoms with Gasteiger partial charge >= 0.3 is 0 Å². The van der Waals surface area contributed by atoms with Crippen LogP contribution < -0.4 is 5.73 Å². The number of likely N-dealkylation sites (N-methyl/N-ethyl adjacent to an activating group) is 1. The smallest absolute Gasteiger partial charge is 0.0484 e. The van der Waals surface area contributed by atoms with Crippen LogP contribution in [0.4, 0.5) is 0 Å². The van der Waals surface area contributed by atoms with Gasteiger partial charge in [-0.25, -0.2) is 0 Å². The highest BCUT2D eigenvalue weighted by Crippen LogP contribution is 2.36. The highest BCUT2D eigenvalue weighted by atomic mass is 16.5. The third-order valence-corrected chi connectivity index (χ3v) is 3.87. The molecule has 0 aromatic heterocycles. The largest absolute Gasteiger partial charge is 0.381 e. The first-order valence-electron chi connectivity index (χ1n) is 5.79. The number of nitrogens with two attached hydrogens (primary N) is 1. The molecule has 0 aromatic carbocycles. The lowest BCUT2D eigenvalue weighted by Gasteiger charge is -2.40. The lowest BCUT2D eigenvalue weighted by atomic mass is 9.88. The van der Waals surface area contributed by atoms with Crippen molar-refractivity contribution in [2.45, 2.75) is 43.7 Å². The van der Waals surface area contributed by atoms with Crippen molar-refractivity contribution in [3.05, 3.63) is 0 Å². The van der Waals surface area contributed by atoms with Crippen LogP contribution in [0.3, 0.4) is 0 Å². The zero-order valence-corrected chi connectivity index (χ0v) is 9.17. The van der Waals surface area contributed by atoms with Gasteiger partial charge in [0.05, 0.1) is 0 Å². The molecule has 82 valence electrons. The normalized spacial score (nSPS) is 34.5. The summed E-state index contributed by atoms with van der Waals surface area (Å²) in [6.45, 7) is 2.58. The topological polar surface area (TPSA) is 38.5 Å². The summed E-state index contributed by atoms with van der Waals surface area (Å²) < 4.78 is 5.52. The van der Waals surface area contributed by atoms with Crippen molar-refractivity contribution >= 4 is 0 Å². The summed E-state index contributed by atoms with van der Waals surface area (Å²) in [5, 5.41) is 0. The van der Waals surface area contributed by atoms with Crippen molar-refractivity contribution in [2.75, 3.05) is 26.8 Å². The van der Waals surface area contributed by atoms with Crippen LogP contribution in [-0.4, -0.2) is 43.3 Å². The van der Waals surface area contributed by atoms with Crippen molar-refractivity contribution in [3.8, 4) is 0 Å². The van der Waals surface area contributed by atoms with Crippen molar-refractivity contribution in [2.24, 2.45) is 5.73 Å². The Balaban J connectivity index is 2.04. The Morgan fingerprint density at radius 2 is 2.14 bits per heavy atom. The molecule has 2 rings (SSSR count). The van der Waals surface area contributed by atoms with Crippen molar-refractivity contribution < 1.29 is 4.74 Å². The van der Waals surface area contributed by atoms with E-state index in [0.29, 0.717) is 0 Å². The molecule has 3 heteroatoms. The fourth-order valence-corrected chi connectivity index (χ4v) is 2.54. The molecule has 0 amide bonds. The predicted octanol–water partition coefficient (Wildman–Crippen LogP) is 0.979. The fraction of sp³-hybridized carbons (Fsp3) is 1.00. The van der Waals surface area contributed by atoms with Crippen LogP contribution in [-0.2, 0) is 4.74 Å². The highest BCUT2D eigenvalue weighted by Gasteiger charge is 2.41. The SMILES string of the molecule is CN(C1CC1)C1(CN)CCCOCC1. The van der Waals surface area contributed by atoms with E-state index in [2.05, 4.69) is 11.9 Å². The Hall–Kier alpha value is -0.120. The number of hydrogen-bond acceptors (Lipinski definition) is 3. The first-order chi connectivity index (χ1) is 6.78. The zero-order chi connectivity index (χ0) is 10.0. The number of ether oxygens (including phenoxy) is 1. The van der Waals surface area contributed by atoms with E-state index in [1.807, 2.05) is 0 Å². The van der Waals surface area contributed by atoms with Gasteiger partial charge < -0.3 is 10.5 Å². The summed E-state index contributed by atoms with van der Waals surface area (Å²) >= 11 is 0. The summed E-state index contributed by atoms with van der Waals surface area (Å²) in [6, 6.07) is 0.802. The van der Waals surface area contributed by atoms with Gasteiger partial charge in [0, 0.05) is 31.3 Å². The van der Waals surface area contributed by atoms with E-state index in [4.69, 9.17) is 10.5 Å². The molecule has 2 fully saturated rings. The van der Waals surface area contributed by atoms with E-state index in [0.717, 1.165) is 38.6 Å². The quantitative estimate of drug-likeness (QED) is 0.734. The summed E-state index contributed by atoms with van der Waals surface area (Å²) in [7, 11) is 2.25. The molecule has 1 atom stereocenters. The maximum atomic E-state index is 5.98. The monoisotopic (exact) mass is 198 g/mol. The van der Waals surface area contributed by atoms with Crippen LogP contribution in [0.1, 0.15) is 32.1 Å². The van der Waals surface area contributed by atoms with Crippen LogP contribution >= 0.6 is 0 Å². The molecular weight excluding hydrogens is 176 g/mol. The average Bonchev–Trinajstić information content (AvgIpc) is 3.04. The van der Waals surface area contributed by atoms with E-state index >= 15 is 0 Å². The second-order valence-electron chi connectivity index (χ2n) is 4.74. The van der Waals surface area contributed by atoms with Gasteiger partial charge in [0.15, 0.2) is 0 Å². The molecule has 0 spiro atoms. The van der Waals surface area contributed by atoms with Crippen molar-refractivity contribution in [1.82, 2.24) is 4.90 Å². The molecule has 1 saturated heterocycles. The third kappa shape index (κ3) is 1.95. The average molecular weight is 198 g/mol. The standard InChI is InChI=1S/C11H22N2O/c1-13(10-3-4-10)11(9-12)5-2-7-14-8-6-11/h10H,2-9,12H2,1H3. The molecule has 0 radical (unpaired) electrons. The summed E-state index contributed by atoms with van der Waals surface area (Å²) in [5.41, 5.74) is 6.21. The van der Waals surface area contributed by atoms with E-state index in [-0.39, 0.29) is 5.54 Å². The number of rotatable bonds is 3. The maximum absolute atomic E-state index is 5.98. The fourth-order valence-electron chi connectivity index (χ4n) is 2.54. The Bertz CT molecular complexity index is 184. The highest BCUT2D eigenvalue weighted by molar-refractivity contribution is 4.98. The van der Waals surface area contributed by atoms with Gasteiger partial charge in [0.2, 0.25) is 0 Å². The molecule has 1 unspecified atom stereocenters. The lowest BCUT2D eigenvalue weighted by Crippen LogP contribution is -2.53. The Morgan fingerprint density at radius 1 is 1.36 bits per heavy atom. The minimum atomic E-state index is 0.234. The Labute approximate surface area is 86.6 Å². The van der Waals surface area contributed by atoms with E-state index in [9.17, 15) is 0 Å². The molecule has 2 N–H and O–H groups in total. The third-order valence-electron chi connectivity index (χ3n) is 3.87. The molecular formula is C11H22N2O. The minimum Gasteiger partial charge on any atom is -0.381 e. The van der Waals surface area contributed by atoms with Crippen LogP contribution in [0.25, 0.3) is 0 Å². The summed E-state index contributed by atoms with van der Waals surface area (Å²) in [5.74, 6) is 0. The van der Waals surface area contributed by atoms with Crippen LogP contribution in [0, 0.1) is 0 Å². The number of nitrogens with zero attached hydrogens (tertiary/aromatic N) is 1. The van der Waals surface area contributed by atoms with Crippen molar-refractivity contribution in [1.29, 1.82) is 0 Å². The molecule has 3 nitrogen and oxygen atoms in total. The first kappa shape index (κ1) is 10.4. The molecule has 1 aliphatic carbocycles. The first-order valence-corrected chi connectivity index (χ1v) is 5.79. The zero-order valence-electron chi connectivity index (χ0n) is 9.17. The summed E-state index contributed by atoms with van der Waals surface area (Å²) in [4.78, 5) is 2.53. The molecule has 0 aromatic rings. The lowest BCUT2D eigenvalue weighted by molar-refractivity contribution is 0.0831. The number of hydrogen-bond donors (Lipinski definition) is 1. The van der Waals surface area contributed by atoms with Crippen molar-refractivity contribution in [3.63, 3.8) is 0 Å². The Morgan fingerprint density at radius 3 is 2.79 bits per heavy atom. The second kappa shape index (κ2) is 4.17. The van der Waals surface area contributed by atoms with Gasteiger partial charge in [0.1, 0.15) is 0 Å². The molecule has 1 heterocycles. The van der Waals surface area contributed by atoms with E-state index in [1.165, 1.54) is 19.3 Å². The van der Waals surface area contributed by atoms with Crippen LogP contribution in [0.15, 0.2) is 0 Å². The van der Waals surface area contributed by atoms with Gasteiger partial charge in [0.25, 0.3) is 0 Å². The summed E-state index contributed by atoms with van der Waals surface area (Å²) in [6.07, 6.45) is 6.19. The predicted molar refractivity (Wildman–Crippen MR) is 57.2 cm³/mol. The molecule has 0 bridgehead atoms. The van der Waals surface area contributed by atoms with Gasteiger partial charge in [-0.1, -0.05) is 0 Å². The van der Waals surface area contributed by atoms with E-state index < -0.39 is 0 Å². The van der Waals surface area contributed by atoms with Gasteiger partial charge in [-0.15, -0.1) is 0 Å².